The molecule has 3 N–H and O–H groups in total. The van der Waals surface area contributed by atoms with E-state index in [1.807, 2.05) is 0 Å². The van der Waals surface area contributed by atoms with Gasteiger partial charge in [0.15, 0.2) is 0 Å². The molecule has 256 valence electrons. The van der Waals surface area contributed by atoms with Crippen LogP contribution < -0.4 is 21.5 Å². The number of esters is 1. The highest BCUT2D eigenvalue weighted by atomic mass is 19.3. The van der Waals surface area contributed by atoms with Gasteiger partial charge in [-0.3, -0.25) is 33.9 Å². The Bertz CT molecular complexity index is 1690. The van der Waals surface area contributed by atoms with Crippen LogP contribution in [0.2, 0.25) is 0 Å². The second kappa shape index (κ2) is 15.9. The van der Waals surface area contributed by atoms with E-state index in [1.165, 1.54) is 13.8 Å². The number of rotatable bonds is 13. The molecule has 1 heterocycles. The predicted octanol–water partition coefficient (Wildman–Crippen LogP) is 3.46. The molecule has 0 bridgehead atoms. The summed E-state index contributed by atoms with van der Waals surface area (Å²) in [6.45, 7) is 5.55. The van der Waals surface area contributed by atoms with Crippen LogP contribution in [0.4, 0.5) is 19.3 Å². The van der Waals surface area contributed by atoms with E-state index in [-0.39, 0.29) is 18.1 Å². The third-order valence-electron chi connectivity index (χ3n) is 6.50. The Morgan fingerprint density at radius 3 is 2.12 bits per heavy atom. The lowest BCUT2D eigenvalue weighted by molar-refractivity contribution is -0.163. The Morgan fingerprint density at radius 2 is 1.54 bits per heavy atom. The van der Waals surface area contributed by atoms with Gasteiger partial charge in [0.25, 0.3) is 11.5 Å². The van der Waals surface area contributed by atoms with Crippen LogP contribution in [0.15, 0.2) is 71.7 Å². The molecule has 0 saturated heterocycles. The van der Waals surface area contributed by atoms with Gasteiger partial charge < -0.3 is 20.1 Å². The summed E-state index contributed by atoms with van der Waals surface area (Å²) in [7, 11) is 0. The smallest absolute Gasteiger partial charge is 0.412 e. The number of aromatic nitrogens is 2. The predicted molar refractivity (Wildman–Crippen MR) is 170 cm³/mol. The van der Waals surface area contributed by atoms with Crippen LogP contribution in [-0.4, -0.2) is 63.3 Å². The van der Waals surface area contributed by atoms with E-state index >= 15 is 0 Å². The van der Waals surface area contributed by atoms with Crippen LogP contribution >= 0.6 is 0 Å². The van der Waals surface area contributed by atoms with Crippen molar-refractivity contribution in [2.24, 2.45) is 5.92 Å². The normalized spacial score (nSPS) is 12.1. The number of halogens is 2. The minimum atomic E-state index is -4.64. The van der Waals surface area contributed by atoms with Crippen molar-refractivity contribution in [2.75, 3.05) is 11.9 Å². The number of Topliss-reactive ketones (excluding diaryl/α,β-unsaturated/α-hetero) is 1. The molecule has 1 unspecified atom stereocenters. The minimum Gasteiger partial charge on any atom is -0.459 e. The molecule has 0 aliphatic carbocycles. The number of ketones is 1. The maximum Gasteiger partial charge on any atom is 0.412 e. The van der Waals surface area contributed by atoms with Crippen LogP contribution in [0.3, 0.4) is 0 Å². The molecule has 13 nitrogen and oxygen atoms in total. The highest BCUT2D eigenvalue weighted by Crippen LogP contribution is 2.21. The Kier molecular flexibility index (Phi) is 12.2. The number of amides is 3. The van der Waals surface area contributed by atoms with Crippen molar-refractivity contribution in [3.63, 3.8) is 0 Å². The number of carbonyl (C=O) groups is 5. The largest absolute Gasteiger partial charge is 0.459 e. The molecule has 48 heavy (non-hydrogen) atoms. The number of anilines is 1. The van der Waals surface area contributed by atoms with E-state index in [4.69, 9.17) is 9.47 Å². The summed E-state index contributed by atoms with van der Waals surface area (Å²) in [6.07, 6.45) is 0.110. The van der Waals surface area contributed by atoms with Gasteiger partial charge in [0.2, 0.25) is 11.7 Å². The summed E-state index contributed by atoms with van der Waals surface area (Å²) in [6, 6.07) is 15.1. The maximum absolute atomic E-state index is 15.0. The molecule has 15 heteroatoms. The molecule has 0 aliphatic heterocycles. The number of carbonyl (C=O) groups excluding carboxylic acids is 5. The third kappa shape index (κ3) is 10.3. The molecule has 1 aromatic heterocycles. The van der Waals surface area contributed by atoms with E-state index < -0.39 is 71.8 Å². The first-order chi connectivity index (χ1) is 22.5. The highest BCUT2D eigenvalue weighted by Gasteiger charge is 2.51. The van der Waals surface area contributed by atoms with Crippen molar-refractivity contribution < 1.29 is 42.2 Å². The molecule has 0 aliphatic rings. The molecule has 3 rings (SSSR count). The van der Waals surface area contributed by atoms with Gasteiger partial charge in [-0.25, -0.2) is 9.78 Å². The van der Waals surface area contributed by atoms with Gasteiger partial charge in [0.1, 0.15) is 36.8 Å². The molecular formula is C33H37F2N5O8. The zero-order valence-corrected chi connectivity index (χ0v) is 27.0. The first-order valence-corrected chi connectivity index (χ1v) is 14.8. The lowest BCUT2D eigenvalue weighted by Crippen LogP contribution is -2.57. The molecule has 3 aromatic rings. The van der Waals surface area contributed by atoms with Crippen molar-refractivity contribution in [1.29, 1.82) is 0 Å². The fraction of sp³-hybridized carbons (Fsp3) is 0.364. The number of nitrogens with one attached hydrogen (secondary N) is 3. The Morgan fingerprint density at radius 1 is 0.938 bits per heavy atom. The first kappa shape index (κ1) is 37.0. The van der Waals surface area contributed by atoms with Crippen LogP contribution in [0.5, 0.6) is 0 Å². The summed E-state index contributed by atoms with van der Waals surface area (Å²) >= 11 is 0. The second-order valence-electron chi connectivity index (χ2n) is 11.9. The van der Waals surface area contributed by atoms with Crippen molar-refractivity contribution >= 4 is 35.3 Å². The molecule has 0 saturated carbocycles. The van der Waals surface area contributed by atoms with E-state index in [9.17, 15) is 37.5 Å². The summed E-state index contributed by atoms with van der Waals surface area (Å²) < 4.78 is 41.0. The Hall–Kier alpha value is -5.47. The topological polar surface area (TPSA) is 175 Å². The number of hydrogen-bond acceptors (Lipinski definition) is 9. The van der Waals surface area contributed by atoms with Gasteiger partial charge in [-0.15, -0.1) is 0 Å². The maximum atomic E-state index is 15.0. The lowest BCUT2D eigenvalue weighted by atomic mass is 9.95. The fourth-order valence-electron chi connectivity index (χ4n) is 4.26. The zero-order chi connectivity index (χ0) is 35.6. The van der Waals surface area contributed by atoms with Crippen LogP contribution in [-0.2, 0) is 41.8 Å². The molecule has 1 atom stereocenters. The average molecular weight is 670 g/mol. The SMILES string of the molecule is CC(C)C(NC(=O)Cn1c(-c2ccccc2)ncc(NC(=O)OCc2ccccc2)c1=O)C(=O)C(F)(F)C(=O)NCC(=O)OC(C)(C)C. The van der Waals surface area contributed by atoms with Gasteiger partial charge >= 0.3 is 18.0 Å². The number of ether oxygens (including phenoxy) is 2. The van der Waals surface area contributed by atoms with Gasteiger partial charge in [-0.1, -0.05) is 74.5 Å². The average Bonchev–Trinajstić information content (AvgIpc) is 3.03. The molecule has 3 amide bonds. The number of nitrogens with zero attached hydrogens (tertiary/aromatic N) is 2. The minimum absolute atomic E-state index is 0.00164. The number of benzene rings is 2. The Labute approximate surface area is 275 Å². The zero-order valence-electron chi connectivity index (χ0n) is 27.0. The lowest BCUT2D eigenvalue weighted by Gasteiger charge is -2.25. The molecular weight excluding hydrogens is 632 g/mol. The molecule has 0 fully saturated rings. The van der Waals surface area contributed by atoms with Crippen molar-refractivity contribution in [3.8, 4) is 11.4 Å². The summed E-state index contributed by atoms with van der Waals surface area (Å²) in [5.41, 5.74) is -1.06. The van der Waals surface area contributed by atoms with Crippen molar-refractivity contribution in [3.05, 3.63) is 82.8 Å². The van der Waals surface area contributed by atoms with E-state index in [1.54, 1.807) is 86.8 Å². The summed E-state index contributed by atoms with van der Waals surface area (Å²) in [5, 5.41) is 6.17. The van der Waals surface area contributed by atoms with Gasteiger partial charge in [-0.2, -0.15) is 8.78 Å². The van der Waals surface area contributed by atoms with Crippen molar-refractivity contribution in [2.45, 2.75) is 65.3 Å². The van der Waals surface area contributed by atoms with Crippen LogP contribution in [0.25, 0.3) is 11.4 Å². The van der Waals surface area contributed by atoms with Gasteiger partial charge in [0, 0.05) is 5.56 Å². The van der Waals surface area contributed by atoms with Crippen LogP contribution in [0.1, 0.15) is 40.2 Å². The van der Waals surface area contributed by atoms with Gasteiger partial charge in [0.05, 0.1) is 12.2 Å². The summed E-state index contributed by atoms with van der Waals surface area (Å²) in [4.78, 5) is 80.5. The quantitative estimate of drug-likeness (QED) is 0.182. The highest BCUT2D eigenvalue weighted by molar-refractivity contribution is 6.11. The van der Waals surface area contributed by atoms with E-state index in [0.717, 1.165) is 10.8 Å². The Balaban J connectivity index is 1.80. The molecule has 0 spiro atoms. The molecule has 2 aromatic carbocycles. The number of alkyl halides is 2. The standard InChI is InChI=1S/C33H37F2N5O8/c1-20(2)26(27(43)33(34,35)30(45)37-17-25(42)48-32(3,4)5)39-24(41)18-40-28(22-14-10-7-11-15-22)36-16-23(29(40)44)38-31(46)47-19-21-12-8-6-9-13-21/h6-16,20,26H,17-19H2,1-5H3,(H,37,45)(H,38,46)(H,39,41). The fourth-order valence-corrected chi connectivity index (χ4v) is 4.26. The van der Waals surface area contributed by atoms with Crippen molar-refractivity contribution in [1.82, 2.24) is 20.2 Å². The summed E-state index contributed by atoms with van der Waals surface area (Å²) in [5.74, 6) is -11.6. The molecule has 0 radical (unpaired) electrons. The van der Waals surface area contributed by atoms with E-state index in [2.05, 4.69) is 15.6 Å². The number of hydrogen-bond donors (Lipinski definition) is 3. The van der Waals surface area contributed by atoms with Crippen LogP contribution in [0, 0.1) is 5.92 Å². The second-order valence-corrected chi connectivity index (χ2v) is 11.9. The van der Waals surface area contributed by atoms with Gasteiger partial charge in [-0.05, 0) is 32.3 Å². The monoisotopic (exact) mass is 669 g/mol. The van der Waals surface area contributed by atoms with E-state index in [0.29, 0.717) is 11.1 Å². The third-order valence-corrected chi connectivity index (χ3v) is 6.50. The first-order valence-electron chi connectivity index (χ1n) is 14.8.